The number of alkyl halides is 2. The number of nitrogens with zero attached hydrogens (tertiary/aromatic N) is 1. The largest absolute Gasteiger partial charge is 0.452 e. The summed E-state index contributed by atoms with van der Waals surface area (Å²) >= 11 is 0. The van der Waals surface area contributed by atoms with E-state index in [0.29, 0.717) is 0 Å². The summed E-state index contributed by atoms with van der Waals surface area (Å²) in [5, 5.41) is 33.0. The summed E-state index contributed by atoms with van der Waals surface area (Å²) in [4.78, 5) is 15.3. The lowest BCUT2D eigenvalue weighted by Crippen LogP contribution is -2.67. The summed E-state index contributed by atoms with van der Waals surface area (Å²) in [5.74, 6) is -0.571. The van der Waals surface area contributed by atoms with Gasteiger partial charge in [-0.2, -0.15) is 0 Å². The maximum absolute atomic E-state index is 13.4. The average Bonchev–Trinajstić information content (AvgIpc) is 3.11. The molecule has 10 nitrogen and oxygen atoms in total. The van der Waals surface area contributed by atoms with E-state index in [1.807, 2.05) is 0 Å². The van der Waals surface area contributed by atoms with Gasteiger partial charge in [-0.15, -0.1) is 0 Å². The van der Waals surface area contributed by atoms with Crippen molar-refractivity contribution in [3.8, 4) is 0 Å². The van der Waals surface area contributed by atoms with Crippen LogP contribution in [0.1, 0.15) is 6.92 Å². The Morgan fingerprint density at radius 2 is 1.85 bits per heavy atom. The molecular weight excluding hydrogens is 374 g/mol. The second-order valence-electron chi connectivity index (χ2n) is 6.57. The summed E-state index contributed by atoms with van der Waals surface area (Å²) in [6.07, 6.45) is -9.94. The third-order valence-corrected chi connectivity index (χ3v) is 4.73. The second-order valence-corrected chi connectivity index (χ2v) is 6.57. The van der Waals surface area contributed by atoms with Crippen molar-refractivity contribution >= 4 is 12.3 Å². The molecule has 0 saturated carbocycles. The van der Waals surface area contributed by atoms with Crippen LogP contribution in [0.2, 0.25) is 0 Å². The molecule has 0 aromatic heterocycles. The van der Waals surface area contributed by atoms with E-state index in [1.54, 1.807) is 0 Å². The number of nitrogens with one attached hydrogen (secondary N) is 1. The number of rotatable bonds is 5. The topological polar surface area (TPSA) is 139 Å². The van der Waals surface area contributed by atoms with Gasteiger partial charge in [0, 0.05) is 6.92 Å². The first-order valence-corrected chi connectivity index (χ1v) is 8.44. The molecule has 0 aromatic rings. The molecule has 10 atom stereocenters. The van der Waals surface area contributed by atoms with Gasteiger partial charge >= 0.3 is 0 Å². The Kier molecular flexibility index (Phi) is 6.23. The Balaban J connectivity index is 1.80. The quantitative estimate of drug-likeness (QED) is 0.410. The van der Waals surface area contributed by atoms with Crippen LogP contribution < -0.4 is 5.32 Å². The van der Waals surface area contributed by atoms with E-state index in [-0.39, 0.29) is 0 Å². The SMILES string of the molecule is CC(=O)N[C@H]1[C@H](O[C@H]2[C@H](O)[C@H]3N=CO[C@H]3O[C@@H]2CF)O[C@H](CF)[C@@H](O)[C@@H]1O. The monoisotopic (exact) mass is 396 g/mol. The third-order valence-electron chi connectivity index (χ3n) is 4.73. The highest BCUT2D eigenvalue weighted by atomic mass is 19.1. The highest BCUT2D eigenvalue weighted by molar-refractivity contribution is 5.73. The standard InChI is InChI=1S/C15H22F2N2O8/c1-5(20)19-9-11(22)10(21)6(2-16)25-15(9)27-13-7(3-17)26-14-8(12(13)23)18-4-24-14/h4,6-15,21-23H,2-3H2,1H3,(H,19,20)/t6-,7-,8-,9-,10-,11-,12-,13-,14+,15+/m1/s1. The lowest BCUT2D eigenvalue weighted by Gasteiger charge is -2.46. The number of hydrogen-bond acceptors (Lipinski definition) is 9. The molecule has 154 valence electrons. The minimum absolute atomic E-state index is 0.571. The van der Waals surface area contributed by atoms with Crippen molar-refractivity contribution in [2.24, 2.45) is 4.99 Å². The van der Waals surface area contributed by atoms with Gasteiger partial charge in [-0.05, 0) is 0 Å². The summed E-state index contributed by atoms with van der Waals surface area (Å²) in [5.41, 5.74) is 0. The van der Waals surface area contributed by atoms with Gasteiger partial charge in [0.2, 0.25) is 12.2 Å². The zero-order chi connectivity index (χ0) is 19.7. The van der Waals surface area contributed by atoms with Crippen LogP contribution in [-0.2, 0) is 23.7 Å². The molecule has 2 saturated heterocycles. The highest BCUT2D eigenvalue weighted by Crippen LogP contribution is 2.32. The van der Waals surface area contributed by atoms with Crippen LogP contribution in [0.5, 0.6) is 0 Å². The smallest absolute Gasteiger partial charge is 0.226 e. The van der Waals surface area contributed by atoms with Crippen molar-refractivity contribution in [3.05, 3.63) is 0 Å². The molecule has 3 rings (SSSR count). The molecule has 3 aliphatic heterocycles. The van der Waals surface area contributed by atoms with Gasteiger partial charge in [0.25, 0.3) is 0 Å². The van der Waals surface area contributed by atoms with Gasteiger partial charge in [0.15, 0.2) is 12.7 Å². The number of fused-ring (bicyclic) bond motifs is 1. The summed E-state index contributed by atoms with van der Waals surface area (Å²) < 4.78 is 47.9. The van der Waals surface area contributed by atoms with E-state index in [2.05, 4.69) is 10.3 Å². The minimum atomic E-state index is -1.62. The van der Waals surface area contributed by atoms with Gasteiger partial charge in [-0.25, -0.2) is 13.8 Å². The lowest BCUT2D eigenvalue weighted by molar-refractivity contribution is -0.319. The molecule has 3 heterocycles. The zero-order valence-corrected chi connectivity index (χ0v) is 14.4. The first-order chi connectivity index (χ1) is 12.9. The summed E-state index contributed by atoms with van der Waals surface area (Å²) in [6.45, 7) is -1.01. The van der Waals surface area contributed by atoms with Crippen molar-refractivity contribution in [2.75, 3.05) is 13.3 Å². The number of halogens is 2. The van der Waals surface area contributed by atoms with Crippen molar-refractivity contribution in [3.63, 3.8) is 0 Å². The fourth-order valence-electron chi connectivity index (χ4n) is 3.35. The first kappa shape index (κ1) is 20.3. The molecule has 27 heavy (non-hydrogen) atoms. The Morgan fingerprint density at radius 3 is 2.48 bits per heavy atom. The number of carbonyl (C=O) groups is 1. The number of hydrogen-bond donors (Lipinski definition) is 4. The van der Waals surface area contributed by atoms with E-state index in [0.717, 1.165) is 13.3 Å². The molecule has 0 radical (unpaired) electrons. The molecule has 0 aliphatic carbocycles. The molecule has 3 aliphatic rings. The maximum Gasteiger partial charge on any atom is 0.226 e. The zero-order valence-electron chi connectivity index (χ0n) is 14.4. The fourth-order valence-corrected chi connectivity index (χ4v) is 3.35. The van der Waals surface area contributed by atoms with E-state index >= 15 is 0 Å². The molecular formula is C15H22F2N2O8. The number of amides is 1. The van der Waals surface area contributed by atoms with Gasteiger partial charge < -0.3 is 39.6 Å². The second kappa shape index (κ2) is 8.29. The average molecular weight is 396 g/mol. The highest BCUT2D eigenvalue weighted by Gasteiger charge is 2.52. The maximum atomic E-state index is 13.4. The third kappa shape index (κ3) is 3.91. The fraction of sp³-hybridized carbons (Fsp3) is 0.867. The van der Waals surface area contributed by atoms with Crippen LogP contribution >= 0.6 is 0 Å². The predicted octanol–water partition coefficient (Wildman–Crippen LogP) is -2.23. The number of carbonyl (C=O) groups excluding carboxylic acids is 1. The van der Waals surface area contributed by atoms with Crippen LogP contribution in [0.15, 0.2) is 4.99 Å². The number of aliphatic hydroxyl groups excluding tert-OH is 3. The van der Waals surface area contributed by atoms with Crippen LogP contribution in [0.25, 0.3) is 0 Å². The van der Waals surface area contributed by atoms with Crippen molar-refractivity contribution in [1.29, 1.82) is 0 Å². The van der Waals surface area contributed by atoms with E-state index in [4.69, 9.17) is 18.9 Å². The van der Waals surface area contributed by atoms with Gasteiger partial charge in [0.1, 0.15) is 62.1 Å². The summed E-state index contributed by atoms with van der Waals surface area (Å²) in [6, 6.07) is -2.15. The molecule has 0 unspecified atom stereocenters. The van der Waals surface area contributed by atoms with Gasteiger partial charge in [0.05, 0.1) is 0 Å². The van der Waals surface area contributed by atoms with E-state index < -0.39 is 80.5 Å². The first-order valence-electron chi connectivity index (χ1n) is 8.44. The summed E-state index contributed by atoms with van der Waals surface area (Å²) in [7, 11) is 0. The van der Waals surface area contributed by atoms with Crippen LogP contribution in [0.3, 0.4) is 0 Å². The van der Waals surface area contributed by atoms with E-state index in [9.17, 15) is 28.9 Å². The Hall–Kier alpha value is -1.44. The van der Waals surface area contributed by atoms with Crippen LogP contribution in [-0.4, -0.2) is 102 Å². The van der Waals surface area contributed by atoms with E-state index in [1.165, 1.54) is 0 Å². The predicted molar refractivity (Wildman–Crippen MR) is 83.1 cm³/mol. The minimum Gasteiger partial charge on any atom is -0.452 e. The molecule has 1 amide bonds. The van der Waals surface area contributed by atoms with Gasteiger partial charge in [-0.1, -0.05) is 0 Å². The Morgan fingerprint density at radius 1 is 1.15 bits per heavy atom. The van der Waals surface area contributed by atoms with Crippen LogP contribution in [0.4, 0.5) is 8.78 Å². The van der Waals surface area contributed by atoms with Crippen LogP contribution in [0, 0.1) is 0 Å². The van der Waals surface area contributed by atoms with Crippen molar-refractivity contribution in [1.82, 2.24) is 5.32 Å². The normalized spacial score (nSPS) is 46.6. The molecule has 0 aromatic carbocycles. The molecule has 4 N–H and O–H groups in total. The number of ether oxygens (including phenoxy) is 4. The molecule has 0 spiro atoms. The number of aliphatic imine (C=N–C) groups is 1. The lowest BCUT2D eigenvalue weighted by atomic mass is 9.95. The Bertz CT molecular complexity index is 570. The molecule has 0 bridgehead atoms. The Labute approximate surface area is 153 Å². The molecule has 2 fully saturated rings. The van der Waals surface area contributed by atoms with Gasteiger partial charge in [-0.3, -0.25) is 4.79 Å². The van der Waals surface area contributed by atoms with Crippen molar-refractivity contribution < 1.29 is 47.8 Å². The number of aliphatic hydroxyl groups is 3. The van der Waals surface area contributed by atoms with Crippen molar-refractivity contribution in [2.45, 2.75) is 68.2 Å². The molecule has 12 heteroatoms.